The number of oxazole rings is 1. The number of carbonyl (C=O) groups is 2. The quantitative estimate of drug-likeness (QED) is 0.755. The summed E-state index contributed by atoms with van der Waals surface area (Å²) in [6.07, 6.45) is 0.0250. The molecule has 1 amide bonds. The summed E-state index contributed by atoms with van der Waals surface area (Å²) in [7, 11) is 0. The van der Waals surface area contributed by atoms with Crippen molar-refractivity contribution in [3.63, 3.8) is 0 Å². The van der Waals surface area contributed by atoms with Crippen molar-refractivity contribution in [1.82, 2.24) is 4.98 Å². The van der Waals surface area contributed by atoms with Crippen LogP contribution >= 0.6 is 0 Å². The molecule has 1 aliphatic heterocycles. The molecule has 0 aliphatic carbocycles. The highest BCUT2D eigenvalue weighted by molar-refractivity contribution is 6.00. The summed E-state index contributed by atoms with van der Waals surface area (Å²) in [6, 6.07) is 13.4. The number of nitrogens with zero attached hydrogens (tertiary/aromatic N) is 2. The Hall–Kier alpha value is -3.15. The van der Waals surface area contributed by atoms with E-state index < -0.39 is 11.9 Å². The fraction of sp³-hybridized carbons (Fsp3) is 0.286. The third-order valence-corrected chi connectivity index (χ3v) is 4.98. The molecule has 2 heterocycles. The predicted octanol–water partition coefficient (Wildman–Crippen LogP) is 4.06. The average Bonchev–Trinajstić information content (AvgIpc) is 3.24. The molecule has 27 heavy (non-hydrogen) atoms. The smallest absolute Gasteiger partial charge is 0.308 e. The number of carboxylic acids is 1. The first-order valence-electron chi connectivity index (χ1n) is 8.96. The molecule has 3 aromatic rings. The Bertz CT molecular complexity index is 1020. The van der Waals surface area contributed by atoms with Gasteiger partial charge in [-0.05, 0) is 35.7 Å². The number of carbonyl (C=O) groups excluding carboxylic acids is 1. The second-order valence-corrected chi connectivity index (χ2v) is 7.19. The van der Waals surface area contributed by atoms with E-state index in [-0.39, 0.29) is 18.9 Å². The number of fused-ring (bicyclic) bond motifs is 1. The maximum atomic E-state index is 12.2. The fourth-order valence-electron chi connectivity index (χ4n) is 3.34. The first-order valence-corrected chi connectivity index (χ1v) is 8.96. The summed E-state index contributed by atoms with van der Waals surface area (Å²) in [5, 5.41) is 9.14. The highest BCUT2D eigenvalue weighted by Gasteiger charge is 2.35. The number of amides is 1. The van der Waals surface area contributed by atoms with Crippen molar-refractivity contribution < 1.29 is 19.1 Å². The zero-order chi connectivity index (χ0) is 19.1. The minimum atomic E-state index is -0.946. The highest BCUT2D eigenvalue weighted by Crippen LogP contribution is 2.31. The Morgan fingerprint density at radius 1 is 1.22 bits per heavy atom. The molecule has 0 bridgehead atoms. The van der Waals surface area contributed by atoms with Crippen LogP contribution in [0, 0.1) is 5.92 Å². The Morgan fingerprint density at radius 2 is 1.96 bits per heavy atom. The fourth-order valence-corrected chi connectivity index (χ4v) is 3.34. The maximum absolute atomic E-state index is 12.2. The monoisotopic (exact) mass is 364 g/mol. The molecule has 6 nitrogen and oxygen atoms in total. The first kappa shape index (κ1) is 17.3. The van der Waals surface area contributed by atoms with Crippen molar-refractivity contribution >= 4 is 28.7 Å². The molecule has 1 N–H and O–H groups in total. The molecule has 1 aliphatic rings. The molecule has 0 spiro atoms. The third kappa shape index (κ3) is 3.18. The molecule has 1 saturated heterocycles. The largest absolute Gasteiger partial charge is 0.481 e. The molecule has 1 aromatic heterocycles. The van der Waals surface area contributed by atoms with Gasteiger partial charge in [-0.1, -0.05) is 26.0 Å². The predicted molar refractivity (Wildman–Crippen MR) is 102 cm³/mol. The van der Waals surface area contributed by atoms with Crippen molar-refractivity contribution in [2.45, 2.75) is 26.2 Å². The van der Waals surface area contributed by atoms with Crippen molar-refractivity contribution in [3.05, 3.63) is 48.0 Å². The first-order chi connectivity index (χ1) is 12.9. The highest BCUT2D eigenvalue weighted by atomic mass is 16.4. The van der Waals surface area contributed by atoms with Crippen LogP contribution in [0.4, 0.5) is 5.69 Å². The van der Waals surface area contributed by atoms with Crippen molar-refractivity contribution in [1.29, 1.82) is 0 Å². The van der Waals surface area contributed by atoms with Gasteiger partial charge in [0.15, 0.2) is 5.58 Å². The van der Waals surface area contributed by atoms with Gasteiger partial charge < -0.3 is 14.4 Å². The van der Waals surface area contributed by atoms with E-state index in [1.165, 1.54) is 10.5 Å². The molecule has 1 atom stereocenters. The Kier molecular flexibility index (Phi) is 4.18. The van der Waals surface area contributed by atoms with E-state index in [4.69, 9.17) is 9.52 Å². The van der Waals surface area contributed by atoms with Crippen molar-refractivity contribution in [2.24, 2.45) is 5.92 Å². The van der Waals surface area contributed by atoms with Crippen molar-refractivity contribution in [3.8, 4) is 11.5 Å². The Morgan fingerprint density at radius 3 is 2.59 bits per heavy atom. The summed E-state index contributed by atoms with van der Waals surface area (Å²) < 4.78 is 5.90. The van der Waals surface area contributed by atoms with E-state index in [1.807, 2.05) is 12.1 Å². The van der Waals surface area contributed by atoms with Crippen LogP contribution in [0.1, 0.15) is 31.7 Å². The molecule has 1 fully saturated rings. The lowest BCUT2D eigenvalue weighted by Gasteiger charge is -2.15. The Balaban J connectivity index is 1.64. The summed E-state index contributed by atoms with van der Waals surface area (Å²) in [5.74, 6) is -0.825. The van der Waals surface area contributed by atoms with Gasteiger partial charge in [-0.3, -0.25) is 9.59 Å². The molecule has 138 valence electrons. The number of aliphatic carboxylic acids is 1. The van der Waals surface area contributed by atoms with Crippen LogP contribution in [0.3, 0.4) is 0 Å². The number of carboxylic acid groups (broad SMARTS) is 1. The zero-order valence-corrected chi connectivity index (χ0v) is 15.2. The van der Waals surface area contributed by atoms with Gasteiger partial charge in [0.05, 0.1) is 5.92 Å². The summed E-state index contributed by atoms with van der Waals surface area (Å²) >= 11 is 0. The van der Waals surface area contributed by atoms with Gasteiger partial charge in [0.2, 0.25) is 11.8 Å². The van der Waals surface area contributed by atoms with Gasteiger partial charge in [-0.15, -0.1) is 0 Å². The molecule has 2 aromatic carbocycles. The van der Waals surface area contributed by atoms with E-state index in [9.17, 15) is 9.59 Å². The summed E-state index contributed by atoms with van der Waals surface area (Å²) in [6.45, 7) is 4.46. The van der Waals surface area contributed by atoms with Crippen LogP contribution in [0.2, 0.25) is 0 Å². The molecule has 0 saturated carbocycles. The number of rotatable bonds is 4. The van der Waals surface area contributed by atoms with Crippen LogP contribution in [-0.2, 0) is 9.59 Å². The van der Waals surface area contributed by atoms with Crippen molar-refractivity contribution in [2.75, 3.05) is 11.4 Å². The number of benzene rings is 2. The van der Waals surface area contributed by atoms with Gasteiger partial charge in [-0.2, -0.15) is 0 Å². The maximum Gasteiger partial charge on any atom is 0.308 e. The third-order valence-electron chi connectivity index (χ3n) is 4.98. The Labute approximate surface area is 156 Å². The molecular weight excluding hydrogens is 344 g/mol. The number of hydrogen-bond donors (Lipinski definition) is 1. The SMILES string of the molecule is CC(C)c1ccc(-c2nc3ccc(N4C[C@H](C(=O)O)CC4=O)cc3o2)cc1. The van der Waals surface area contributed by atoms with E-state index in [0.717, 1.165) is 5.56 Å². The molecule has 4 rings (SSSR count). The lowest BCUT2D eigenvalue weighted by Crippen LogP contribution is -2.25. The standard InChI is InChI=1S/C21H20N2O4/c1-12(2)13-3-5-14(6-4-13)20-22-17-8-7-16(10-18(17)27-20)23-11-15(21(25)26)9-19(23)24/h3-8,10,12,15H,9,11H2,1-2H3,(H,25,26)/t15-/m1/s1. The van der Waals surface area contributed by atoms with Gasteiger partial charge in [0.1, 0.15) is 5.52 Å². The molecule has 0 radical (unpaired) electrons. The number of aromatic nitrogens is 1. The van der Waals surface area contributed by atoms with Crippen LogP contribution in [0.15, 0.2) is 46.9 Å². The van der Waals surface area contributed by atoms with Gasteiger partial charge in [0, 0.05) is 30.3 Å². The topological polar surface area (TPSA) is 83.6 Å². The van der Waals surface area contributed by atoms with Crippen LogP contribution in [0.25, 0.3) is 22.6 Å². The lowest BCUT2D eigenvalue weighted by atomic mass is 10.0. The number of anilines is 1. The van der Waals surface area contributed by atoms with E-state index >= 15 is 0 Å². The van der Waals surface area contributed by atoms with Crippen LogP contribution in [0.5, 0.6) is 0 Å². The second kappa shape index (κ2) is 6.54. The molecule has 0 unspecified atom stereocenters. The number of hydrogen-bond acceptors (Lipinski definition) is 4. The molecule has 6 heteroatoms. The summed E-state index contributed by atoms with van der Waals surface area (Å²) in [5.41, 5.74) is 4.04. The summed E-state index contributed by atoms with van der Waals surface area (Å²) in [4.78, 5) is 29.3. The second-order valence-electron chi connectivity index (χ2n) is 7.19. The minimum absolute atomic E-state index is 0.0250. The lowest BCUT2D eigenvalue weighted by molar-refractivity contribution is -0.141. The van der Waals surface area contributed by atoms with Gasteiger partial charge in [-0.25, -0.2) is 4.98 Å². The van der Waals surface area contributed by atoms with Crippen LogP contribution in [-0.4, -0.2) is 28.5 Å². The van der Waals surface area contributed by atoms with E-state index in [1.54, 1.807) is 18.2 Å². The normalized spacial score (nSPS) is 17.2. The minimum Gasteiger partial charge on any atom is -0.481 e. The van der Waals surface area contributed by atoms with Gasteiger partial charge in [0.25, 0.3) is 0 Å². The van der Waals surface area contributed by atoms with Gasteiger partial charge >= 0.3 is 5.97 Å². The van der Waals surface area contributed by atoms with E-state index in [0.29, 0.717) is 28.6 Å². The molecular formula is C21H20N2O4. The van der Waals surface area contributed by atoms with E-state index in [2.05, 4.69) is 31.0 Å². The zero-order valence-electron chi connectivity index (χ0n) is 15.2. The van der Waals surface area contributed by atoms with Crippen LogP contribution < -0.4 is 4.90 Å². The average molecular weight is 364 g/mol.